The Kier molecular flexibility index (Phi) is 8.72. The highest BCUT2D eigenvalue weighted by Crippen LogP contribution is 2.35. The van der Waals surface area contributed by atoms with Crippen LogP contribution in [0, 0.1) is 0 Å². The molecule has 2 amide bonds. The number of aliphatic carboxylic acids is 1. The monoisotopic (exact) mass is 516 g/mol. The van der Waals surface area contributed by atoms with Crippen molar-refractivity contribution in [2.75, 3.05) is 13.7 Å². The van der Waals surface area contributed by atoms with E-state index in [4.69, 9.17) is 26.4 Å². The van der Waals surface area contributed by atoms with Gasteiger partial charge in [0.05, 0.1) is 18.6 Å². The number of methoxy groups -OCH3 is 1. The number of nitrogens with zero attached hydrogens (tertiary/aromatic N) is 1. The lowest BCUT2D eigenvalue weighted by Gasteiger charge is -2.17. The Labute approximate surface area is 212 Å². The normalized spacial score (nSPS) is 15.2. The minimum Gasteiger partial charge on any atom is -0.497 e. The molecule has 2 aromatic carbocycles. The number of carboxylic acid groups (broad SMARTS) is 1. The molecule has 1 unspecified atom stereocenters. The van der Waals surface area contributed by atoms with Crippen molar-refractivity contribution in [3.05, 3.63) is 58.5 Å². The van der Waals surface area contributed by atoms with Crippen LogP contribution in [-0.4, -0.2) is 52.0 Å². The zero-order valence-electron chi connectivity index (χ0n) is 19.3. The summed E-state index contributed by atoms with van der Waals surface area (Å²) in [7, 11) is 1.53. The van der Waals surface area contributed by atoms with Crippen LogP contribution in [0.1, 0.15) is 36.2 Å². The molecule has 0 radical (unpaired) electrons. The number of hydrogen-bond acceptors (Lipinski definition) is 8. The Morgan fingerprint density at radius 1 is 1.17 bits per heavy atom. The Morgan fingerprint density at radius 3 is 2.49 bits per heavy atom. The van der Waals surface area contributed by atoms with Crippen LogP contribution in [0.2, 0.25) is 0 Å². The summed E-state index contributed by atoms with van der Waals surface area (Å²) in [6.07, 6.45) is 0.887. The zero-order chi connectivity index (χ0) is 25.5. The fourth-order valence-electron chi connectivity index (χ4n) is 3.07. The molecule has 0 spiro atoms. The molecule has 1 aliphatic heterocycles. The van der Waals surface area contributed by atoms with E-state index in [0.717, 1.165) is 16.8 Å². The molecule has 3 rings (SSSR count). The Morgan fingerprint density at radius 2 is 1.89 bits per heavy atom. The molecular weight excluding hydrogens is 492 g/mol. The van der Waals surface area contributed by atoms with Gasteiger partial charge in [0.15, 0.2) is 21.9 Å². The number of amides is 2. The van der Waals surface area contributed by atoms with Crippen LogP contribution in [-0.2, 0) is 9.59 Å². The number of carboxylic acids is 1. The van der Waals surface area contributed by atoms with Crippen molar-refractivity contribution in [2.45, 2.75) is 26.4 Å². The highest BCUT2D eigenvalue weighted by atomic mass is 32.2. The van der Waals surface area contributed by atoms with E-state index in [1.165, 1.54) is 7.11 Å². The van der Waals surface area contributed by atoms with Gasteiger partial charge in [0.1, 0.15) is 5.75 Å². The first kappa shape index (κ1) is 26.0. The third-order valence-electron chi connectivity index (χ3n) is 4.84. The third-order valence-corrected chi connectivity index (χ3v) is 6.14. The summed E-state index contributed by atoms with van der Waals surface area (Å²) in [5.74, 6) is -0.793. The maximum atomic E-state index is 12.9. The van der Waals surface area contributed by atoms with Crippen molar-refractivity contribution in [1.29, 1.82) is 0 Å². The summed E-state index contributed by atoms with van der Waals surface area (Å²) in [4.78, 5) is 37.1. The summed E-state index contributed by atoms with van der Waals surface area (Å²) in [6, 6.07) is 11.4. The maximum absolute atomic E-state index is 12.9. The van der Waals surface area contributed by atoms with Gasteiger partial charge in [0.25, 0.3) is 11.8 Å². The summed E-state index contributed by atoms with van der Waals surface area (Å²) >= 11 is 6.33. The lowest BCUT2D eigenvalue weighted by atomic mass is 10.1. The predicted molar refractivity (Wildman–Crippen MR) is 135 cm³/mol. The molecule has 1 atom stereocenters. The lowest BCUT2D eigenvalue weighted by Crippen LogP contribution is -2.44. The average Bonchev–Trinajstić information content (AvgIpc) is 3.10. The molecule has 0 aromatic heterocycles. The highest BCUT2D eigenvalue weighted by Gasteiger charge is 2.34. The van der Waals surface area contributed by atoms with Crippen molar-refractivity contribution in [3.8, 4) is 17.2 Å². The number of benzene rings is 2. The van der Waals surface area contributed by atoms with Gasteiger partial charge in [0, 0.05) is 5.56 Å². The second kappa shape index (κ2) is 11.7. The largest absolute Gasteiger partial charge is 0.497 e. The predicted octanol–water partition coefficient (Wildman–Crippen LogP) is 3.88. The van der Waals surface area contributed by atoms with E-state index < -0.39 is 23.9 Å². The third kappa shape index (κ3) is 6.31. The Bertz CT molecular complexity index is 1160. The van der Waals surface area contributed by atoms with E-state index in [9.17, 15) is 19.5 Å². The molecule has 11 heteroatoms. The molecule has 1 fully saturated rings. The van der Waals surface area contributed by atoms with Crippen LogP contribution in [0.3, 0.4) is 0 Å². The van der Waals surface area contributed by atoms with Gasteiger partial charge in [-0.05, 0) is 73.6 Å². The first-order valence-electron chi connectivity index (χ1n) is 10.7. The zero-order valence-corrected chi connectivity index (χ0v) is 20.9. The van der Waals surface area contributed by atoms with Gasteiger partial charge in [0.2, 0.25) is 0 Å². The number of carbonyl (C=O) groups excluding carboxylic acids is 2. The quantitative estimate of drug-likeness (QED) is 0.359. The second-order valence-corrected chi connectivity index (χ2v) is 8.85. The van der Waals surface area contributed by atoms with E-state index in [-0.39, 0.29) is 16.5 Å². The number of thiocarbonyl (C=S) groups is 1. The van der Waals surface area contributed by atoms with Crippen LogP contribution < -0.4 is 19.6 Å². The number of hydrogen-bond donors (Lipinski definition) is 2. The molecule has 0 bridgehead atoms. The van der Waals surface area contributed by atoms with Gasteiger partial charge < -0.3 is 19.3 Å². The fraction of sp³-hybridized carbons (Fsp3) is 0.250. The average molecular weight is 517 g/mol. The molecule has 1 aliphatic rings. The van der Waals surface area contributed by atoms with Gasteiger partial charge in [-0.2, -0.15) is 5.01 Å². The Hall–Kier alpha value is -3.57. The van der Waals surface area contributed by atoms with E-state index in [0.29, 0.717) is 34.1 Å². The molecule has 0 saturated carbocycles. The minimum absolute atomic E-state index is 0.181. The van der Waals surface area contributed by atoms with Gasteiger partial charge in [-0.15, -0.1) is 0 Å². The molecule has 2 aromatic rings. The molecule has 1 saturated heterocycles. The van der Waals surface area contributed by atoms with Crippen molar-refractivity contribution in [2.24, 2.45) is 0 Å². The first-order valence-corrected chi connectivity index (χ1v) is 11.9. The van der Waals surface area contributed by atoms with Crippen LogP contribution >= 0.6 is 24.0 Å². The first-order chi connectivity index (χ1) is 16.8. The molecule has 184 valence electrons. The van der Waals surface area contributed by atoms with E-state index in [1.54, 1.807) is 62.4 Å². The fourth-order valence-corrected chi connectivity index (χ4v) is 4.25. The number of thioether (sulfide) groups is 1. The summed E-state index contributed by atoms with van der Waals surface area (Å²) in [5, 5.41) is 10.3. The number of ether oxygens (including phenoxy) is 3. The SMILES string of the molecule is CCOc1cc(/C=C2/SC(=S)N(NC(=O)c3ccc(OC)cc3)C2=O)ccc1OC(CC)C(=O)O. The molecule has 1 heterocycles. The molecule has 2 N–H and O–H groups in total. The smallest absolute Gasteiger partial charge is 0.344 e. The van der Waals surface area contributed by atoms with Gasteiger partial charge >= 0.3 is 5.97 Å². The standard InChI is InChI=1S/C24H24N2O7S2/c1-4-17(23(29)30)33-18-11-6-14(12-19(18)32-5-2)13-20-22(28)26(24(34)35-20)25-21(27)15-7-9-16(31-3)10-8-15/h6-13,17H,4-5H2,1-3H3,(H,25,27)(H,29,30)/b20-13+. The lowest BCUT2D eigenvalue weighted by molar-refractivity contribution is -0.145. The summed E-state index contributed by atoms with van der Waals surface area (Å²) in [5.41, 5.74) is 3.49. The number of hydrazine groups is 1. The second-order valence-electron chi connectivity index (χ2n) is 7.18. The van der Waals surface area contributed by atoms with Crippen molar-refractivity contribution >= 4 is 52.2 Å². The van der Waals surface area contributed by atoms with Crippen molar-refractivity contribution in [1.82, 2.24) is 10.4 Å². The summed E-state index contributed by atoms with van der Waals surface area (Å²) < 4.78 is 16.5. The maximum Gasteiger partial charge on any atom is 0.344 e. The number of nitrogens with one attached hydrogen (secondary N) is 1. The van der Waals surface area contributed by atoms with Crippen molar-refractivity contribution < 1.29 is 33.7 Å². The van der Waals surface area contributed by atoms with E-state index >= 15 is 0 Å². The summed E-state index contributed by atoms with van der Waals surface area (Å²) in [6.45, 7) is 3.84. The number of rotatable bonds is 10. The topological polar surface area (TPSA) is 114 Å². The Balaban J connectivity index is 1.78. The van der Waals surface area contributed by atoms with Gasteiger partial charge in [-0.3, -0.25) is 15.0 Å². The van der Waals surface area contributed by atoms with Gasteiger partial charge in [-0.25, -0.2) is 4.79 Å². The number of carbonyl (C=O) groups is 3. The van der Waals surface area contributed by atoms with Crippen LogP contribution in [0.15, 0.2) is 47.4 Å². The van der Waals surface area contributed by atoms with Crippen LogP contribution in [0.25, 0.3) is 6.08 Å². The van der Waals surface area contributed by atoms with E-state index in [1.807, 2.05) is 0 Å². The molecular formula is C24H24N2O7S2. The van der Waals surface area contributed by atoms with Crippen LogP contribution in [0.4, 0.5) is 0 Å². The van der Waals surface area contributed by atoms with Gasteiger partial charge in [-0.1, -0.05) is 24.8 Å². The highest BCUT2D eigenvalue weighted by molar-refractivity contribution is 8.26. The minimum atomic E-state index is -1.07. The van der Waals surface area contributed by atoms with Crippen LogP contribution in [0.5, 0.6) is 17.2 Å². The molecule has 9 nitrogen and oxygen atoms in total. The molecule has 35 heavy (non-hydrogen) atoms. The van der Waals surface area contributed by atoms with Crippen molar-refractivity contribution in [3.63, 3.8) is 0 Å². The molecule has 0 aliphatic carbocycles. The van der Waals surface area contributed by atoms with E-state index in [2.05, 4.69) is 5.43 Å².